The average molecular weight is 427 g/mol. The molecule has 0 radical (unpaired) electrons. The van der Waals surface area contributed by atoms with Crippen molar-refractivity contribution in [1.29, 1.82) is 0 Å². The number of hydrogen-bond donors (Lipinski definition) is 1. The summed E-state index contributed by atoms with van der Waals surface area (Å²) < 4.78 is 0. The fraction of sp³-hybridized carbons (Fsp3) is 0.308. The van der Waals surface area contributed by atoms with Gasteiger partial charge in [-0.2, -0.15) is 0 Å². The second-order valence-corrected chi connectivity index (χ2v) is 8.61. The Balaban J connectivity index is 1.33. The van der Waals surface area contributed by atoms with Gasteiger partial charge in [-0.05, 0) is 35.8 Å². The molecule has 0 aliphatic carbocycles. The van der Waals surface area contributed by atoms with E-state index in [9.17, 15) is 0 Å². The third kappa shape index (κ3) is 3.94. The predicted octanol–water partition coefficient (Wildman–Crippen LogP) is 3.08. The first-order valence-electron chi connectivity index (χ1n) is 11.2. The van der Waals surface area contributed by atoms with E-state index in [4.69, 9.17) is 4.99 Å². The predicted molar refractivity (Wildman–Crippen MR) is 130 cm³/mol. The molecule has 6 heteroatoms. The topological polar surface area (TPSA) is 47.0 Å². The summed E-state index contributed by atoms with van der Waals surface area (Å²) in [7, 11) is 2.04. The van der Waals surface area contributed by atoms with E-state index in [-0.39, 0.29) is 6.04 Å². The van der Waals surface area contributed by atoms with Gasteiger partial charge in [0.2, 0.25) is 5.96 Å². The number of nitrogens with one attached hydrogen (secondary N) is 1. The van der Waals surface area contributed by atoms with Crippen LogP contribution in [0.25, 0.3) is 5.70 Å². The van der Waals surface area contributed by atoms with E-state index in [0.29, 0.717) is 0 Å². The molecule has 32 heavy (non-hydrogen) atoms. The van der Waals surface area contributed by atoms with Crippen LogP contribution in [0.5, 0.6) is 0 Å². The summed E-state index contributed by atoms with van der Waals surface area (Å²) in [6.07, 6.45) is 6.70. The number of likely N-dealkylation sites (N-methyl/N-ethyl adjacent to an activating group) is 1. The summed E-state index contributed by atoms with van der Waals surface area (Å²) in [5, 5.41) is 3.68. The third-order valence-corrected chi connectivity index (χ3v) is 6.63. The van der Waals surface area contributed by atoms with Crippen molar-refractivity contribution in [3.8, 4) is 0 Å². The summed E-state index contributed by atoms with van der Waals surface area (Å²) in [5.74, 6) is 0.938. The van der Waals surface area contributed by atoms with Crippen LogP contribution in [0, 0.1) is 0 Å². The quantitative estimate of drug-likeness (QED) is 0.817. The molecule has 5 rings (SSSR count). The Kier molecular flexibility index (Phi) is 5.53. The SMILES string of the molecule is C=C(C1CN(C2=NC(c3ccncc3)=CC(=C)N2C)CCN1)N1CCc2ccccc2C1. The first-order chi connectivity index (χ1) is 15.6. The largest absolute Gasteiger partial charge is 0.369 e. The first kappa shape index (κ1) is 20.5. The molecule has 1 unspecified atom stereocenters. The van der Waals surface area contributed by atoms with E-state index >= 15 is 0 Å². The fourth-order valence-corrected chi connectivity index (χ4v) is 4.67. The van der Waals surface area contributed by atoms with Crippen LogP contribution in [0.4, 0.5) is 0 Å². The number of pyridine rings is 1. The number of rotatable bonds is 3. The molecule has 1 fully saturated rings. The zero-order valence-electron chi connectivity index (χ0n) is 18.7. The zero-order chi connectivity index (χ0) is 22.1. The minimum atomic E-state index is 0.189. The Morgan fingerprint density at radius 3 is 2.69 bits per heavy atom. The average Bonchev–Trinajstić information content (AvgIpc) is 2.85. The van der Waals surface area contributed by atoms with Crippen LogP contribution in [0.2, 0.25) is 0 Å². The van der Waals surface area contributed by atoms with E-state index < -0.39 is 0 Å². The number of aliphatic imine (C=N–C) groups is 1. The van der Waals surface area contributed by atoms with Crippen molar-refractivity contribution in [2.75, 3.05) is 33.2 Å². The van der Waals surface area contributed by atoms with Gasteiger partial charge in [0.05, 0.1) is 11.7 Å². The molecule has 164 valence electrons. The number of hydrogen-bond acceptors (Lipinski definition) is 6. The summed E-state index contributed by atoms with van der Waals surface area (Å²) in [5.41, 5.74) is 6.94. The number of guanidine groups is 1. The standard InChI is InChI=1S/C26H30N6/c1-19-16-24(22-8-11-27-12-9-22)29-26(30(19)3)32-15-13-28-25(18-32)20(2)31-14-10-21-6-4-5-7-23(21)17-31/h4-9,11-12,16,25,28H,1-2,10,13-15,17-18H2,3H3. The Morgan fingerprint density at radius 2 is 1.88 bits per heavy atom. The van der Waals surface area contributed by atoms with Crippen LogP contribution < -0.4 is 5.32 Å². The number of fused-ring (bicyclic) bond motifs is 1. The molecule has 3 aliphatic rings. The van der Waals surface area contributed by atoms with Crippen molar-refractivity contribution >= 4 is 11.7 Å². The van der Waals surface area contributed by atoms with Gasteiger partial charge in [-0.3, -0.25) is 4.98 Å². The molecule has 2 aromatic rings. The highest BCUT2D eigenvalue weighted by Gasteiger charge is 2.30. The second-order valence-electron chi connectivity index (χ2n) is 8.61. The van der Waals surface area contributed by atoms with Gasteiger partial charge in [0, 0.05) is 69.1 Å². The number of benzene rings is 1. The van der Waals surface area contributed by atoms with Gasteiger partial charge in [0.25, 0.3) is 0 Å². The van der Waals surface area contributed by atoms with Crippen LogP contribution in [0.1, 0.15) is 16.7 Å². The minimum Gasteiger partial charge on any atom is -0.369 e. The van der Waals surface area contributed by atoms with Crippen LogP contribution in [0.3, 0.4) is 0 Å². The molecule has 1 N–H and O–H groups in total. The highest BCUT2D eigenvalue weighted by atomic mass is 15.4. The summed E-state index contributed by atoms with van der Waals surface area (Å²) >= 11 is 0. The Labute approximate surface area is 190 Å². The number of nitrogens with zero attached hydrogens (tertiary/aromatic N) is 5. The highest BCUT2D eigenvalue weighted by Crippen LogP contribution is 2.27. The molecule has 1 saturated heterocycles. The summed E-state index contributed by atoms with van der Waals surface area (Å²) in [4.78, 5) is 16.0. The maximum Gasteiger partial charge on any atom is 0.206 e. The lowest BCUT2D eigenvalue weighted by Crippen LogP contribution is -2.58. The zero-order valence-corrected chi connectivity index (χ0v) is 18.7. The molecule has 1 atom stereocenters. The first-order valence-corrected chi connectivity index (χ1v) is 11.2. The van der Waals surface area contributed by atoms with Crippen molar-refractivity contribution in [2.24, 2.45) is 4.99 Å². The summed E-state index contributed by atoms with van der Waals surface area (Å²) in [6, 6.07) is 12.9. The Hall–Kier alpha value is -3.38. The lowest BCUT2D eigenvalue weighted by molar-refractivity contribution is 0.233. The molecule has 0 spiro atoms. The molecule has 0 amide bonds. The molecular formula is C26H30N6. The molecule has 3 aliphatic heterocycles. The van der Waals surface area contributed by atoms with Crippen LogP contribution in [-0.2, 0) is 13.0 Å². The van der Waals surface area contributed by atoms with Gasteiger partial charge in [-0.15, -0.1) is 0 Å². The third-order valence-electron chi connectivity index (χ3n) is 6.63. The molecule has 1 aromatic carbocycles. The van der Waals surface area contributed by atoms with Gasteiger partial charge in [0.1, 0.15) is 0 Å². The maximum atomic E-state index is 5.01. The smallest absolute Gasteiger partial charge is 0.206 e. The molecule has 6 nitrogen and oxygen atoms in total. The molecule has 4 heterocycles. The Bertz CT molecular complexity index is 1090. The van der Waals surface area contributed by atoms with E-state index in [1.165, 1.54) is 11.1 Å². The maximum absolute atomic E-state index is 5.01. The van der Waals surface area contributed by atoms with E-state index in [2.05, 4.69) is 62.4 Å². The monoisotopic (exact) mass is 426 g/mol. The number of aromatic nitrogens is 1. The van der Waals surface area contributed by atoms with Crippen molar-refractivity contribution in [3.05, 3.63) is 96.1 Å². The van der Waals surface area contributed by atoms with Crippen molar-refractivity contribution < 1.29 is 0 Å². The lowest BCUT2D eigenvalue weighted by Gasteiger charge is -2.43. The van der Waals surface area contributed by atoms with E-state index in [1.807, 2.05) is 25.3 Å². The van der Waals surface area contributed by atoms with Gasteiger partial charge in [-0.25, -0.2) is 4.99 Å². The molecule has 0 bridgehead atoms. The normalized spacial score (nSPS) is 21.1. The summed E-state index contributed by atoms with van der Waals surface area (Å²) in [6.45, 7) is 13.3. The fourth-order valence-electron chi connectivity index (χ4n) is 4.67. The number of allylic oxidation sites excluding steroid dienone is 1. The number of piperazine rings is 1. The van der Waals surface area contributed by atoms with Crippen LogP contribution in [0.15, 0.2) is 84.4 Å². The Morgan fingerprint density at radius 1 is 1.09 bits per heavy atom. The van der Waals surface area contributed by atoms with Crippen LogP contribution >= 0.6 is 0 Å². The van der Waals surface area contributed by atoms with Gasteiger partial charge >= 0.3 is 0 Å². The van der Waals surface area contributed by atoms with E-state index in [1.54, 1.807) is 12.4 Å². The highest BCUT2D eigenvalue weighted by molar-refractivity contribution is 5.91. The molecule has 0 saturated carbocycles. The second kappa shape index (κ2) is 8.63. The van der Waals surface area contributed by atoms with E-state index in [0.717, 1.165) is 67.8 Å². The van der Waals surface area contributed by atoms with Gasteiger partial charge in [-0.1, -0.05) is 37.4 Å². The minimum absolute atomic E-state index is 0.189. The molecular weight excluding hydrogens is 396 g/mol. The van der Waals surface area contributed by atoms with Gasteiger partial charge < -0.3 is 20.0 Å². The van der Waals surface area contributed by atoms with Gasteiger partial charge in [0.15, 0.2) is 0 Å². The van der Waals surface area contributed by atoms with Crippen molar-refractivity contribution in [1.82, 2.24) is 25.0 Å². The van der Waals surface area contributed by atoms with Crippen LogP contribution in [-0.4, -0.2) is 64.9 Å². The lowest BCUT2D eigenvalue weighted by atomic mass is 9.98. The molecule has 1 aromatic heterocycles. The van der Waals surface area contributed by atoms with Crippen molar-refractivity contribution in [3.63, 3.8) is 0 Å². The van der Waals surface area contributed by atoms with Crippen molar-refractivity contribution in [2.45, 2.75) is 19.0 Å².